The molecule has 5 unspecified atom stereocenters. The number of nitrogens with one attached hydrogen (secondary N) is 4. The van der Waals surface area contributed by atoms with Crippen molar-refractivity contribution in [1.29, 1.82) is 0 Å². The second-order valence-electron chi connectivity index (χ2n) is 8.95. The Morgan fingerprint density at radius 3 is 2.09 bits per heavy atom. The first-order valence-corrected chi connectivity index (χ1v) is 11.4. The van der Waals surface area contributed by atoms with Gasteiger partial charge in [-0.3, -0.25) is 19.2 Å². The first kappa shape index (κ1) is 29.6. The van der Waals surface area contributed by atoms with Crippen LogP contribution in [0.15, 0.2) is 12.5 Å². The van der Waals surface area contributed by atoms with Gasteiger partial charge in [-0.25, -0.2) is 9.78 Å². The number of nitrogens with zero attached hydrogens (tertiary/aromatic N) is 1. The van der Waals surface area contributed by atoms with Crippen molar-refractivity contribution in [2.24, 2.45) is 17.6 Å². The number of amides is 3. The summed E-state index contributed by atoms with van der Waals surface area (Å²) in [6.45, 7) is 7.15. The van der Waals surface area contributed by atoms with Crippen molar-refractivity contribution in [2.45, 2.75) is 77.5 Å². The molecule has 8 N–H and O–H groups in total. The van der Waals surface area contributed by atoms with Crippen LogP contribution in [0, 0.1) is 11.8 Å². The third kappa shape index (κ3) is 10.1. The lowest BCUT2D eigenvalue weighted by atomic mass is 9.98. The van der Waals surface area contributed by atoms with Gasteiger partial charge >= 0.3 is 11.9 Å². The smallest absolute Gasteiger partial charge is 0.326 e. The summed E-state index contributed by atoms with van der Waals surface area (Å²) in [5.74, 6) is -5.34. The molecule has 13 nitrogen and oxygen atoms in total. The van der Waals surface area contributed by atoms with Gasteiger partial charge in [-0.15, -0.1) is 0 Å². The molecule has 0 aliphatic carbocycles. The van der Waals surface area contributed by atoms with E-state index in [9.17, 15) is 34.2 Å². The van der Waals surface area contributed by atoms with Gasteiger partial charge in [0.15, 0.2) is 0 Å². The van der Waals surface area contributed by atoms with Gasteiger partial charge < -0.3 is 36.9 Å². The SMILES string of the molecule is CCC(C)C(NC(=O)C(CC(=O)O)NC(=O)C(Cc1cnc[nH]1)NC(=O)C(N)CC(C)C)C(=O)O. The average Bonchev–Trinajstić information content (AvgIpc) is 3.27. The zero-order valence-electron chi connectivity index (χ0n) is 20.4. The number of rotatable bonds is 15. The van der Waals surface area contributed by atoms with Crippen LogP contribution in [0.2, 0.25) is 0 Å². The number of aromatic amines is 1. The molecule has 0 aromatic carbocycles. The lowest BCUT2D eigenvalue weighted by Gasteiger charge is -2.26. The number of carboxylic acids is 2. The van der Waals surface area contributed by atoms with Crippen LogP contribution in [-0.4, -0.2) is 74.0 Å². The van der Waals surface area contributed by atoms with Gasteiger partial charge in [0.2, 0.25) is 17.7 Å². The quantitative estimate of drug-likeness (QED) is 0.164. The molecule has 1 heterocycles. The molecule has 13 heteroatoms. The number of H-pyrrole nitrogens is 1. The molecule has 1 aromatic heterocycles. The zero-order chi connectivity index (χ0) is 26.7. The molecule has 35 heavy (non-hydrogen) atoms. The maximum Gasteiger partial charge on any atom is 0.326 e. The summed E-state index contributed by atoms with van der Waals surface area (Å²) in [6.07, 6.45) is 2.84. The number of carbonyl (C=O) groups is 5. The summed E-state index contributed by atoms with van der Waals surface area (Å²) < 4.78 is 0. The molecule has 196 valence electrons. The minimum Gasteiger partial charge on any atom is -0.481 e. The van der Waals surface area contributed by atoms with Crippen molar-refractivity contribution < 1.29 is 34.2 Å². The topological polar surface area (TPSA) is 217 Å². The van der Waals surface area contributed by atoms with Crippen molar-refractivity contribution in [3.63, 3.8) is 0 Å². The van der Waals surface area contributed by atoms with E-state index < -0.39 is 66.2 Å². The Hall–Kier alpha value is -3.48. The van der Waals surface area contributed by atoms with E-state index in [0.29, 0.717) is 18.5 Å². The number of carboxylic acid groups (broad SMARTS) is 2. The van der Waals surface area contributed by atoms with Crippen LogP contribution in [0.3, 0.4) is 0 Å². The standard InChI is InChI=1S/C22H36N6O7/c1-5-12(4)18(22(34)35)28-21(33)16(8-17(29)30)27-20(32)15(7-13-9-24-10-25-13)26-19(31)14(23)6-11(2)3/h9-12,14-16,18H,5-8,23H2,1-4H3,(H,24,25)(H,26,31)(H,27,32)(H,28,33)(H,29,30)(H,34,35). The Morgan fingerprint density at radius 1 is 1.00 bits per heavy atom. The summed E-state index contributed by atoms with van der Waals surface area (Å²) in [6, 6.07) is -4.92. The summed E-state index contributed by atoms with van der Waals surface area (Å²) in [4.78, 5) is 68.0. The van der Waals surface area contributed by atoms with E-state index in [2.05, 4.69) is 25.9 Å². The summed E-state index contributed by atoms with van der Waals surface area (Å²) in [5.41, 5.74) is 6.42. The van der Waals surface area contributed by atoms with Gasteiger partial charge in [0.25, 0.3) is 0 Å². The van der Waals surface area contributed by atoms with Crippen molar-refractivity contribution >= 4 is 29.7 Å². The molecule has 0 saturated carbocycles. The van der Waals surface area contributed by atoms with Crippen molar-refractivity contribution in [1.82, 2.24) is 25.9 Å². The fourth-order valence-corrected chi connectivity index (χ4v) is 3.31. The number of hydrogen-bond donors (Lipinski definition) is 7. The van der Waals surface area contributed by atoms with Crippen LogP contribution in [0.4, 0.5) is 0 Å². The summed E-state index contributed by atoms with van der Waals surface area (Å²) in [5, 5.41) is 25.9. The van der Waals surface area contributed by atoms with Crippen molar-refractivity contribution in [3.8, 4) is 0 Å². The maximum absolute atomic E-state index is 13.1. The second kappa shape index (κ2) is 14.0. The molecule has 1 rings (SSSR count). The number of aromatic nitrogens is 2. The van der Waals surface area contributed by atoms with Gasteiger partial charge in [0, 0.05) is 18.3 Å². The highest BCUT2D eigenvalue weighted by atomic mass is 16.4. The Balaban J connectivity index is 3.08. The van der Waals surface area contributed by atoms with Crippen molar-refractivity contribution in [2.75, 3.05) is 0 Å². The van der Waals surface area contributed by atoms with E-state index >= 15 is 0 Å². The van der Waals surface area contributed by atoms with E-state index in [1.165, 1.54) is 12.5 Å². The number of imidazole rings is 1. The van der Waals surface area contributed by atoms with Gasteiger partial charge in [0.1, 0.15) is 18.1 Å². The zero-order valence-corrected chi connectivity index (χ0v) is 20.4. The van der Waals surface area contributed by atoms with Crippen LogP contribution in [0.1, 0.15) is 52.7 Å². The number of hydrogen-bond acceptors (Lipinski definition) is 7. The Morgan fingerprint density at radius 2 is 1.60 bits per heavy atom. The van der Waals surface area contributed by atoms with Gasteiger partial charge in [-0.2, -0.15) is 0 Å². The van der Waals surface area contributed by atoms with E-state index in [1.807, 2.05) is 13.8 Å². The third-order valence-electron chi connectivity index (χ3n) is 5.46. The fourth-order valence-electron chi connectivity index (χ4n) is 3.31. The lowest BCUT2D eigenvalue weighted by molar-refractivity contribution is -0.144. The minimum absolute atomic E-state index is 0.0298. The molecule has 0 aliphatic heterocycles. The highest BCUT2D eigenvalue weighted by molar-refractivity contribution is 5.95. The summed E-state index contributed by atoms with van der Waals surface area (Å²) >= 11 is 0. The van der Waals surface area contributed by atoms with Gasteiger partial charge in [-0.05, 0) is 18.3 Å². The number of nitrogens with two attached hydrogens (primary N) is 1. The molecule has 3 amide bonds. The monoisotopic (exact) mass is 496 g/mol. The Kier molecular flexibility index (Phi) is 11.9. The molecule has 0 bridgehead atoms. The molecular formula is C22H36N6O7. The van der Waals surface area contributed by atoms with E-state index in [4.69, 9.17) is 5.73 Å². The lowest BCUT2D eigenvalue weighted by Crippen LogP contribution is -2.58. The predicted molar refractivity (Wildman–Crippen MR) is 125 cm³/mol. The number of carbonyl (C=O) groups excluding carboxylic acids is 3. The van der Waals surface area contributed by atoms with E-state index in [1.54, 1.807) is 13.8 Å². The van der Waals surface area contributed by atoms with Crippen LogP contribution >= 0.6 is 0 Å². The fraction of sp³-hybridized carbons (Fsp3) is 0.636. The van der Waals surface area contributed by atoms with Crippen LogP contribution in [0.25, 0.3) is 0 Å². The van der Waals surface area contributed by atoms with E-state index in [-0.39, 0.29) is 12.3 Å². The number of aliphatic carboxylic acids is 2. The first-order chi connectivity index (χ1) is 16.3. The molecule has 0 radical (unpaired) electrons. The molecule has 0 saturated heterocycles. The average molecular weight is 497 g/mol. The third-order valence-corrected chi connectivity index (χ3v) is 5.46. The minimum atomic E-state index is -1.57. The highest BCUT2D eigenvalue weighted by Crippen LogP contribution is 2.10. The molecular weight excluding hydrogens is 460 g/mol. The molecule has 0 spiro atoms. The maximum atomic E-state index is 13.1. The summed E-state index contributed by atoms with van der Waals surface area (Å²) in [7, 11) is 0. The van der Waals surface area contributed by atoms with Crippen LogP contribution < -0.4 is 21.7 Å². The second-order valence-corrected chi connectivity index (χ2v) is 8.95. The van der Waals surface area contributed by atoms with Gasteiger partial charge in [0.05, 0.1) is 18.8 Å². The van der Waals surface area contributed by atoms with E-state index in [0.717, 1.165) is 0 Å². The Bertz CT molecular complexity index is 874. The Labute approximate surface area is 203 Å². The van der Waals surface area contributed by atoms with Crippen LogP contribution in [-0.2, 0) is 30.4 Å². The van der Waals surface area contributed by atoms with Crippen LogP contribution in [0.5, 0.6) is 0 Å². The highest BCUT2D eigenvalue weighted by Gasteiger charge is 2.33. The van der Waals surface area contributed by atoms with Crippen molar-refractivity contribution in [3.05, 3.63) is 18.2 Å². The molecule has 0 fully saturated rings. The predicted octanol–water partition coefficient (Wildman–Crippen LogP) is -0.615. The largest absolute Gasteiger partial charge is 0.481 e. The molecule has 1 aromatic rings. The normalized spacial score (nSPS) is 15.4. The molecule has 0 aliphatic rings. The first-order valence-electron chi connectivity index (χ1n) is 11.4. The molecule has 5 atom stereocenters. The van der Waals surface area contributed by atoms with Gasteiger partial charge in [-0.1, -0.05) is 34.1 Å².